The Morgan fingerprint density at radius 2 is 2.18 bits per heavy atom. The molecule has 2 aromatic rings. The van der Waals surface area contributed by atoms with E-state index < -0.39 is 0 Å². The minimum Gasteiger partial charge on any atom is -0.338 e. The first kappa shape index (κ1) is 15.0. The maximum atomic E-state index is 12.2. The minimum atomic E-state index is -0.330. The molecule has 0 saturated carbocycles. The average molecular weight is 336 g/mol. The van der Waals surface area contributed by atoms with E-state index in [1.165, 1.54) is 11.3 Å². The number of nitrogens with zero attached hydrogens (tertiary/aromatic N) is 2. The lowest BCUT2D eigenvalue weighted by Gasteiger charge is -2.16. The van der Waals surface area contributed by atoms with E-state index in [1.54, 1.807) is 28.6 Å². The van der Waals surface area contributed by atoms with Crippen molar-refractivity contribution in [1.82, 2.24) is 9.88 Å². The molecule has 1 aromatic carbocycles. The molecular formula is C15H14ClN3O2S. The monoisotopic (exact) mass is 335 g/mol. The lowest BCUT2D eigenvalue weighted by Crippen LogP contribution is -2.28. The molecule has 114 valence electrons. The Bertz CT molecular complexity index is 673. The Morgan fingerprint density at radius 1 is 1.41 bits per heavy atom. The molecule has 1 saturated heterocycles. The Hall–Kier alpha value is -1.92. The fourth-order valence-corrected chi connectivity index (χ4v) is 3.06. The summed E-state index contributed by atoms with van der Waals surface area (Å²) in [6.45, 7) is 0.926. The van der Waals surface area contributed by atoms with Gasteiger partial charge in [-0.1, -0.05) is 23.7 Å². The number of thiazole rings is 1. The molecule has 1 atom stereocenters. The summed E-state index contributed by atoms with van der Waals surface area (Å²) >= 11 is 7.21. The van der Waals surface area contributed by atoms with Gasteiger partial charge in [-0.25, -0.2) is 4.98 Å². The summed E-state index contributed by atoms with van der Waals surface area (Å²) in [5, 5.41) is 5.77. The third-order valence-corrected chi connectivity index (χ3v) is 4.47. The second-order valence-electron chi connectivity index (χ2n) is 5.13. The van der Waals surface area contributed by atoms with Crippen molar-refractivity contribution in [3.05, 3.63) is 46.4 Å². The molecule has 0 bridgehead atoms. The molecule has 0 radical (unpaired) electrons. The van der Waals surface area contributed by atoms with Gasteiger partial charge in [-0.15, -0.1) is 11.3 Å². The fraction of sp³-hybridized carbons (Fsp3) is 0.267. The topological polar surface area (TPSA) is 62.3 Å². The van der Waals surface area contributed by atoms with Crippen molar-refractivity contribution >= 4 is 39.9 Å². The highest BCUT2D eigenvalue weighted by molar-refractivity contribution is 7.13. The zero-order valence-electron chi connectivity index (χ0n) is 11.7. The lowest BCUT2D eigenvalue weighted by molar-refractivity contribution is -0.128. The number of nitrogens with one attached hydrogen (secondary N) is 1. The Balaban J connectivity index is 1.60. The van der Waals surface area contributed by atoms with E-state index in [4.69, 9.17) is 11.6 Å². The van der Waals surface area contributed by atoms with Crippen LogP contribution in [0.15, 0.2) is 35.8 Å². The van der Waals surface area contributed by atoms with Gasteiger partial charge in [0.2, 0.25) is 11.8 Å². The number of benzene rings is 1. The standard InChI is InChI=1S/C15H14ClN3O2S/c16-12-3-1-10(2-4-12)8-19-9-11(7-13(19)20)14(21)18-15-17-5-6-22-15/h1-6,11H,7-9H2,(H,17,18,21)/t11-/m1/s1. The SMILES string of the molecule is O=C(Nc1nccs1)[C@@H]1CC(=O)N(Cc2ccc(Cl)cc2)C1. The molecule has 1 fully saturated rings. The zero-order chi connectivity index (χ0) is 15.5. The number of rotatable bonds is 4. The van der Waals surface area contributed by atoms with E-state index in [1.807, 2.05) is 12.1 Å². The number of amides is 2. The van der Waals surface area contributed by atoms with Crippen LogP contribution in [0.25, 0.3) is 0 Å². The van der Waals surface area contributed by atoms with Crippen LogP contribution in [0.2, 0.25) is 5.02 Å². The van der Waals surface area contributed by atoms with Gasteiger partial charge in [0.05, 0.1) is 5.92 Å². The van der Waals surface area contributed by atoms with E-state index in [-0.39, 0.29) is 24.2 Å². The van der Waals surface area contributed by atoms with Crippen molar-refractivity contribution < 1.29 is 9.59 Å². The number of aromatic nitrogens is 1. The fourth-order valence-electron chi connectivity index (χ4n) is 2.40. The molecule has 0 spiro atoms. The number of hydrogen-bond donors (Lipinski definition) is 1. The van der Waals surface area contributed by atoms with Crippen LogP contribution in [-0.4, -0.2) is 28.2 Å². The van der Waals surface area contributed by atoms with Crippen molar-refractivity contribution in [2.45, 2.75) is 13.0 Å². The molecule has 5 nitrogen and oxygen atoms in total. The second-order valence-corrected chi connectivity index (χ2v) is 6.46. The molecular weight excluding hydrogens is 322 g/mol. The summed E-state index contributed by atoms with van der Waals surface area (Å²) in [5.41, 5.74) is 0.999. The van der Waals surface area contributed by atoms with Crippen molar-refractivity contribution in [2.75, 3.05) is 11.9 Å². The smallest absolute Gasteiger partial charge is 0.231 e. The van der Waals surface area contributed by atoms with E-state index in [0.717, 1.165) is 5.56 Å². The molecule has 0 aliphatic carbocycles. The largest absolute Gasteiger partial charge is 0.338 e. The molecule has 0 unspecified atom stereocenters. The number of carbonyl (C=O) groups is 2. The predicted octanol–water partition coefficient (Wildman–Crippen LogP) is 2.78. The Labute approximate surface area is 136 Å². The quantitative estimate of drug-likeness (QED) is 0.934. The van der Waals surface area contributed by atoms with Crippen molar-refractivity contribution in [3.8, 4) is 0 Å². The van der Waals surface area contributed by atoms with Gasteiger partial charge >= 0.3 is 0 Å². The van der Waals surface area contributed by atoms with Gasteiger partial charge in [0.1, 0.15) is 0 Å². The minimum absolute atomic E-state index is 0.00533. The van der Waals surface area contributed by atoms with E-state index >= 15 is 0 Å². The van der Waals surface area contributed by atoms with Crippen LogP contribution in [0.3, 0.4) is 0 Å². The molecule has 1 N–H and O–H groups in total. The summed E-state index contributed by atoms with van der Waals surface area (Å²) in [6.07, 6.45) is 1.87. The number of likely N-dealkylation sites (tertiary alicyclic amines) is 1. The first-order valence-corrected chi connectivity index (χ1v) is 8.10. The molecule has 1 aliphatic heterocycles. The first-order chi connectivity index (χ1) is 10.6. The molecule has 3 rings (SSSR count). The van der Waals surface area contributed by atoms with Crippen LogP contribution in [-0.2, 0) is 16.1 Å². The van der Waals surface area contributed by atoms with Crippen LogP contribution in [0.4, 0.5) is 5.13 Å². The van der Waals surface area contributed by atoms with Crippen LogP contribution in [0.5, 0.6) is 0 Å². The highest BCUT2D eigenvalue weighted by atomic mass is 35.5. The summed E-state index contributed by atoms with van der Waals surface area (Å²) in [4.78, 5) is 30.0. The molecule has 2 amide bonds. The van der Waals surface area contributed by atoms with Gasteiger partial charge in [0.15, 0.2) is 5.13 Å². The van der Waals surface area contributed by atoms with Gasteiger partial charge < -0.3 is 10.2 Å². The summed E-state index contributed by atoms with van der Waals surface area (Å²) < 4.78 is 0. The third-order valence-electron chi connectivity index (χ3n) is 3.53. The maximum Gasteiger partial charge on any atom is 0.231 e. The average Bonchev–Trinajstić information content (AvgIpc) is 3.12. The van der Waals surface area contributed by atoms with Gasteiger partial charge in [-0.2, -0.15) is 0 Å². The predicted molar refractivity (Wildman–Crippen MR) is 85.7 cm³/mol. The highest BCUT2D eigenvalue weighted by Crippen LogP contribution is 2.23. The Morgan fingerprint density at radius 3 is 2.86 bits per heavy atom. The van der Waals surface area contributed by atoms with Crippen LogP contribution in [0, 0.1) is 5.92 Å². The van der Waals surface area contributed by atoms with E-state index in [9.17, 15) is 9.59 Å². The van der Waals surface area contributed by atoms with E-state index in [2.05, 4.69) is 10.3 Å². The van der Waals surface area contributed by atoms with Crippen LogP contribution >= 0.6 is 22.9 Å². The molecule has 22 heavy (non-hydrogen) atoms. The van der Waals surface area contributed by atoms with Gasteiger partial charge in [-0.05, 0) is 17.7 Å². The first-order valence-electron chi connectivity index (χ1n) is 6.84. The van der Waals surface area contributed by atoms with Crippen molar-refractivity contribution in [2.24, 2.45) is 5.92 Å². The lowest BCUT2D eigenvalue weighted by atomic mass is 10.1. The van der Waals surface area contributed by atoms with Crippen LogP contribution < -0.4 is 5.32 Å². The molecule has 1 aromatic heterocycles. The Kier molecular flexibility index (Phi) is 4.40. The van der Waals surface area contributed by atoms with Gasteiger partial charge in [0, 0.05) is 36.1 Å². The second kappa shape index (κ2) is 6.46. The summed E-state index contributed by atoms with van der Waals surface area (Å²) in [7, 11) is 0. The highest BCUT2D eigenvalue weighted by Gasteiger charge is 2.34. The van der Waals surface area contributed by atoms with Crippen LogP contribution in [0.1, 0.15) is 12.0 Å². The van der Waals surface area contributed by atoms with Gasteiger partial charge in [-0.3, -0.25) is 9.59 Å². The van der Waals surface area contributed by atoms with Gasteiger partial charge in [0.25, 0.3) is 0 Å². The summed E-state index contributed by atoms with van der Waals surface area (Å²) in [6, 6.07) is 7.37. The molecule has 7 heteroatoms. The maximum absolute atomic E-state index is 12.2. The molecule has 1 aliphatic rings. The molecule has 2 heterocycles. The van der Waals surface area contributed by atoms with Crippen molar-refractivity contribution in [1.29, 1.82) is 0 Å². The zero-order valence-corrected chi connectivity index (χ0v) is 13.2. The number of hydrogen-bond acceptors (Lipinski definition) is 4. The summed E-state index contributed by atoms with van der Waals surface area (Å²) in [5.74, 6) is -0.486. The number of carbonyl (C=O) groups excluding carboxylic acids is 2. The number of halogens is 1. The van der Waals surface area contributed by atoms with Crippen molar-refractivity contribution in [3.63, 3.8) is 0 Å². The normalized spacial score (nSPS) is 17.8. The third kappa shape index (κ3) is 3.45. The number of anilines is 1. The van der Waals surface area contributed by atoms with E-state index in [0.29, 0.717) is 23.2 Å².